The zero-order valence-corrected chi connectivity index (χ0v) is 14.3. The first-order valence-electron chi connectivity index (χ1n) is 6.96. The lowest BCUT2D eigenvalue weighted by Crippen LogP contribution is -2.33. The van der Waals surface area contributed by atoms with Crippen LogP contribution < -0.4 is 10.2 Å². The predicted molar refractivity (Wildman–Crippen MR) is 93.1 cm³/mol. The quantitative estimate of drug-likeness (QED) is 0.464. The summed E-state index contributed by atoms with van der Waals surface area (Å²) in [6.07, 6.45) is 0.571. The van der Waals surface area contributed by atoms with Crippen LogP contribution in [0.1, 0.15) is 12.5 Å². The van der Waals surface area contributed by atoms with Crippen molar-refractivity contribution < 1.29 is 14.5 Å². The summed E-state index contributed by atoms with van der Waals surface area (Å²) in [6.45, 7) is 1.59. The second-order valence-corrected chi connectivity index (χ2v) is 5.63. The average molecular weight is 392 g/mol. The third-order valence-corrected chi connectivity index (χ3v) is 3.63. The number of hydrazone groups is 1. The molecule has 8 heteroatoms. The number of nitrogens with one attached hydrogen (secondary N) is 1. The summed E-state index contributed by atoms with van der Waals surface area (Å²) >= 11 is 3.33. The summed E-state index contributed by atoms with van der Waals surface area (Å²) in [4.78, 5) is 22.2. The molecule has 0 aliphatic heterocycles. The van der Waals surface area contributed by atoms with Gasteiger partial charge in [0, 0.05) is 17.7 Å². The summed E-state index contributed by atoms with van der Waals surface area (Å²) in [5.74, 6) is 0.107. The Bertz CT molecular complexity index is 779. The predicted octanol–water partition coefficient (Wildman–Crippen LogP) is 3.27. The second kappa shape index (κ2) is 8.21. The summed E-state index contributed by atoms with van der Waals surface area (Å²) in [5.41, 5.74) is 2.80. The molecular formula is C16H14BrN3O4. The number of para-hydroxylation sites is 1. The zero-order chi connectivity index (χ0) is 17.5. The summed E-state index contributed by atoms with van der Waals surface area (Å²) in [6, 6.07) is 13.1. The Morgan fingerprint density at radius 3 is 2.79 bits per heavy atom. The maximum absolute atomic E-state index is 12.0. The van der Waals surface area contributed by atoms with Crippen molar-refractivity contribution in [1.29, 1.82) is 0 Å². The molecule has 0 aliphatic rings. The van der Waals surface area contributed by atoms with Gasteiger partial charge in [0.1, 0.15) is 5.75 Å². The Hall–Kier alpha value is -2.74. The van der Waals surface area contributed by atoms with Gasteiger partial charge in [0.2, 0.25) is 0 Å². The topological polar surface area (TPSA) is 93.8 Å². The molecular weight excluding hydrogens is 378 g/mol. The van der Waals surface area contributed by atoms with Gasteiger partial charge in [-0.05, 0) is 35.0 Å². The SMILES string of the molecule is CC(Oc1ccccc1Br)C(=O)N/N=C/c1cccc([N+](=O)[O-])c1. The van der Waals surface area contributed by atoms with E-state index in [0.717, 1.165) is 4.47 Å². The van der Waals surface area contributed by atoms with E-state index in [-0.39, 0.29) is 5.69 Å². The molecule has 124 valence electrons. The fourth-order valence-electron chi connectivity index (χ4n) is 1.76. The van der Waals surface area contributed by atoms with E-state index in [0.29, 0.717) is 11.3 Å². The molecule has 0 saturated carbocycles. The lowest BCUT2D eigenvalue weighted by molar-refractivity contribution is -0.384. The monoisotopic (exact) mass is 391 g/mol. The van der Waals surface area contributed by atoms with Gasteiger partial charge in [0.25, 0.3) is 11.6 Å². The minimum absolute atomic E-state index is 0.0455. The number of non-ortho nitro benzene ring substituents is 1. The van der Waals surface area contributed by atoms with Gasteiger partial charge >= 0.3 is 0 Å². The van der Waals surface area contributed by atoms with Crippen LogP contribution in [0.2, 0.25) is 0 Å². The van der Waals surface area contributed by atoms with Crippen molar-refractivity contribution in [2.24, 2.45) is 5.10 Å². The molecule has 2 aromatic rings. The van der Waals surface area contributed by atoms with Crippen molar-refractivity contribution in [3.05, 3.63) is 68.7 Å². The number of nitrogens with zero attached hydrogens (tertiary/aromatic N) is 2. The molecule has 24 heavy (non-hydrogen) atoms. The molecule has 2 aromatic carbocycles. The number of nitro benzene ring substituents is 1. The lowest BCUT2D eigenvalue weighted by atomic mass is 10.2. The highest BCUT2D eigenvalue weighted by molar-refractivity contribution is 9.10. The Morgan fingerprint density at radius 1 is 1.33 bits per heavy atom. The summed E-state index contributed by atoms with van der Waals surface area (Å²) in [7, 11) is 0. The molecule has 0 fully saturated rings. The number of hydrogen-bond donors (Lipinski definition) is 1. The van der Waals surface area contributed by atoms with Crippen LogP contribution in [0.3, 0.4) is 0 Å². The van der Waals surface area contributed by atoms with E-state index in [9.17, 15) is 14.9 Å². The fourth-order valence-corrected chi connectivity index (χ4v) is 2.14. The van der Waals surface area contributed by atoms with E-state index in [4.69, 9.17) is 4.74 Å². The highest BCUT2D eigenvalue weighted by Crippen LogP contribution is 2.24. The van der Waals surface area contributed by atoms with Gasteiger partial charge in [0.15, 0.2) is 6.10 Å². The Kier molecular flexibility index (Phi) is 6.02. The fraction of sp³-hybridized carbons (Fsp3) is 0.125. The van der Waals surface area contributed by atoms with Crippen LogP contribution in [-0.2, 0) is 4.79 Å². The number of rotatable bonds is 6. The van der Waals surface area contributed by atoms with Crippen LogP contribution >= 0.6 is 15.9 Å². The minimum atomic E-state index is -0.758. The maximum Gasteiger partial charge on any atom is 0.280 e. The van der Waals surface area contributed by atoms with Crippen molar-refractivity contribution in [3.8, 4) is 5.75 Å². The zero-order valence-electron chi connectivity index (χ0n) is 12.7. The number of nitro groups is 1. The second-order valence-electron chi connectivity index (χ2n) is 4.78. The number of hydrogen-bond acceptors (Lipinski definition) is 5. The number of ether oxygens (including phenoxy) is 1. The van der Waals surface area contributed by atoms with Crippen LogP contribution in [-0.4, -0.2) is 23.1 Å². The normalized spacial score (nSPS) is 11.9. The van der Waals surface area contributed by atoms with Crippen molar-refractivity contribution in [3.63, 3.8) is 0 Å². The van der Waals surface area contributed by atoms with Crippen molar-refractivity contribution in [2.75, 3.05) is 0 Å². The minimum Gasteiger partial charge on any atom is -0.480 e. The van der Waals surface area contributed by atoms with Crippen molar-refractivity contribution >= 4 is 33.7 Å². The van der Waals surface area contributed by atoms with Gasteiger partial charge in [-0.25, -0.2) is 5.43 Å². The third kappa shape index (κ3) is 4.88. The molecule has 0 radical (unpaired) electrons. The van der Waals surface area contributed by atoms with Crippen LogP contribution in [0.15, 0.2) is 58.1 Å². The first-order valence-corrected chi connectivity index (χ1v) is 7.75. The Morgan fingerprint density at radius 2 is 2.08 bits per heavy atom. The molecule has 1 unspecified atom stereocenters. The Labute approximate surface area is 146 Å². The van der Waals surface area contributed by atoms with Gasteiger partial charge < -0.3 is 4.74 Å². The molecule has 7 nitrogen and oxygen atoms in total. The van der Waals surface area contributed by atoms with Gasteiger partial charge in [-0.15, -0.1) is 0 Å². The largest absolute Gasteiger partial charge is 0.480 e. The number of amides is 1. The van der Waals surface area contributed by atoms with Gasteiger partial charge in [-0.1, -0.05) is 24.3 Å². The summed E-state index contributed by atoms with van der Waals surface area (Å²) < 4.78 is 6.28. The molecule has 0 saturated heterocycles. The third-order valence-electron chi connectivity index (χ3n) is 2.98. The van der Waals surface area contributed by atoms with Crippen LogP contribution in [0, 0.1) is 10.1 Å². The molecule has 0 aromatic heterocycles. The molecule has 1 amide bonds. The van der Waals surface area contributed by atoms with Gasteiger partial charge in [-0.2, -0.15) is 5.10 Å². The van der Waals surface area contributed by atoms with E-state index in [1.165, 1.54) is 18.3 Å². The first kappa shape index (κ1) is 17.6. The molecule has 0 aliphatic carbocycles. The highest BCUT2D eigenvalue weighted by atomic mass is 79.9. The van der Waals surface area contributed by atoms with E-state index in [1.807, 2.05) is 6.07 Å². The molecule has 2 rings (SSSR count). The van der Waals surface area contributed by atoms with E-state index in [2.05, 4.69) is 26.5 Å². The van der Waals surface area contributed by atoms with E-state index >= 15 is 0 Å². The highest BCUT2D eigenvalue weighted by Gasteiger charge is 2.15. The number of carbonyl (C=O) groups excluding carboxylic acids is 1. The lowest BCUT2D eigenvalue weighted by Gasteiger charge is -2.13. The number of benzene rings is 2. The first-order chi connectivity index (χ1) is 11.5. The molecule has 1 atom stereocenters. The van der Waals surface area contributed by atoms with Gasteiger partial charge in [-0.3, -0.25) is 14.9 Å². The molecule has 0 heterocycles. The standard InChI is InChI=1S/C16H14BrN3O4/c1-11(24-15-8-3-2-7-14(15)17)16(21)19-18-10-12-5-4-6-13(9-12)20(22)23/h2-11H,1H3,(H,19,21)/b18-10+. The maximum atomic E-state index is 12.0. The van der Waals surface area contributed by atoms with E-state index < -0.39 is 16.9 Å². The molecule has 1 N–H and O–H groups in total. The Balaban J connectivity index is 1.93. The number of halogens is 1. The van der Waals surface area contributed by atoms with E-state index in [1.54, 1.807) is 37.3 Å². The average Bonchev–Trinajstić information content (AvgIpc) is 2.57. The summed E-state index contributed by atoms with van der Waals surface area (Å²) in [5, 5.41) is 14.5. The smallest absolute Gasteiger partial charge is 0.280 e. The van der Waals surface area contributed by atoms with Gasteiger partial charge in [0.05, 0.1) is 15.6 Å². The van der Waals surface area contributed by atoms with Crippen LogP contribution in [0.4, 0.5) is 5.69 Å². The van der Waals surface area contributed by atoms with Crippen molar-refractivity contribution in [1.82, 2.24) is 5.43 Å². The van der Waals surface area contributed by atoms with Crippen LogP contribution in [0.5, 0.6) is 5.75 Å². The van der Waals surface area contributed by atoms with Crippen LogP contribution in [0.25, 0.3) is 0 Å². The molecule has 0 bridgehead atoms. The number of carbonyl (C=O) groups is 1. The van der Waals surface area contributed by atoms with Crippen molar-refractivity contribution in [2.45, 2.75) is 13.0 Å². The molecule has 0 spiro atoms.